The van der Waals surface area contributed by atoms with Gasteiger partial charge in [0.25, 0.3) is 0 Å². The van der Waals surface area contributed by atoms with Crippen LogP contribution in [0.25, 0.3) is 0 Å². The summed E-state index contributed by atoms with van der Waals surface area (Å²) in [5, 5.41) is 7.68. The number of hydrogen-bond acceptors (Lipinski definition) is 6. The minimum Gasteiger partial charge on any atom is -0.496 e. The zero-order valence-corrected chi connectivity index (χ0v) is 18.2. The molecule has 2 aliphatic rings. The SMILES string of the molecule is COc1ccccc1C1N=Cc2ccc(N3CCN(C)CC3)cc2N1c1cc(C)[nH]n1. The van der Waals surface area contributed by atoms with Crippen LogP contribution >= 0.6 is 0 Å². The number of hydrogen-bond donors (Lipinski definition) is 1. The lowest BCUT2D eigenvalue weighted by Crippen LogP contribution is -2.44. The highest BCUT2D eigenvalue weighted by Gasteiger charge is 2.31. The fraction of sp³-hybridized carbons (Fsp3) is 0.333. The third-order valence-electron chi connectivity index (χ3n) is 6.10. The quantitative estimate of drug-likeness (QED) is 0.702. The van der Waals surface area contributed by atoms with Crippen LogP contribution in [0.5, 0.6) is 5.75 Å². The molecule has 3 aromatic rings. The molecule has 0 amide bonds. The van der Waals surface area contributed by atoms with E-state index in [0.29, 0.717) is 0 Å². The first-order chi connectivity index (χ1) is 15.1. The highest BCUT2D eigenvalue weighted by molar-refractivity contribution is 5.93. The lowest BCUT2D eigenvalue weighted by atomic mass is 10.0. The molecule has 1 N–H and O–H groups in total. The minimum absolute atomic E-state index is 0.255. The first-order valence-corrected chi connectivity index (χ1v) is 10.7. The molecule has 1 unspecified atom stereocenters. The number of aliphatic imine (C=N–C) groups is 1. The van der Waals surface area contributed by atoms with Crippen molar-refractivity contribution in [3.8, 4) is 5.75 Å². The van der Waals surface area contributed by atoms with E-state index in [1.54, 1.807) is 7.11 Å². The van der Waals surface area contributed by atoms with E-state index in [-0.39, 0.29) is 6.17 Å². The number of aryl methyl sites for hydroxylation is 1. The molecule has 0 aliphatic carbocycles. The predicted molar refractivity (Wildman–Crippen MR) is 125 cm³/mol. The van der Waals surface area contributed by atoms with E-state index in [2.05, 4.69) is 62.3 Å². The van der Waals surface area contributed by atoms with Gasteiger partial charge in [0.1, 0.15) is 5.75 Å². The second kappa shape index (κ2) is 8.07. The van der Waals surface area contributed by atoms with Crippen molar-refractivity contribution in [2.45, 2.75) is 13.1 Å². The Morgan fingerprint density at radius 3 is 2.58 bits per heavy atom. The van der Waals surface area contributed by atoms with Gasteiger partial charge < -0.3 is 14.5 Å². The van der Waals surface area contributed by atoms with E-state index in [1.807, 2.05) is 31.3 Å². The smallest absolute Gasteiger partial charge is 0.157 e. The number of fused-ring (bicyclic) bond motifs is 1. The number of likely N-dealkylation sites (N-methyl/N-ethyl adjacent to an activating group) is 1. The minimum atomic E-state index is -0.255. The van der Waals surface area contributed by atoms with E-state index in [0.717, 1.165) is 60.3 Å². The Bertz CT molecular complexity index is 1100. The van der Waals surface area contributed by atoms with Gasteiger partial charge in [-0.1, -0.05) is 18.2 Å². The van der Waals surface area contributed by atoms with Gasteiger partial charge in [-0.3, -0.25) is 15.0 Å². The van der Waals surface area contributed by atoms with Gasteiger partial charge in [0, 0.05) is 61.0 Å². The summed E-state index contributed by atoms with van der Waals surface area (Å²) in [5.74, 6) is 1.67. The number of anilines is 3. The van der Waals surface area contributed by atoms with Crippen molar-refractivity contribution in [1.29, 1.82) is 0 Å². The fourth-order valence-corrected chi connectivity index (χ4v) is 4.34. The van der Waals surface area contributed by atoms with Crippen LogP contribution in [0.4, 0.5) is 17.2 Å². The van der Waals surface area contributed by atoms with Crippen molar-refractivity contribution in [3.63, 3.8) is 0 Å². The van der Waals surface area contributed by atoms with E-state index in [9.17, 15) is 0 Å². The summed E-state index contributed by atoms with van der Waals surface area (Å²) in [6.07, 6.45) is 1.71. The molecule has 2 aromatic carbocycles. The number of aromatic amines is 1. The third-order valence-corrected chi connectivity index (χ3v) is 6.10. The summed E-state index contributed by atoms with van der Waals surface area (Å²) >= 11 is 0. The molecule has 0 saturated carbocycles. The number of nitrogens with zero attached hydrogens (tertiary/aromatic N) is 5. The molecule has 1 fully saturated rings. The topological polar surface area (TPSA) is 60.0 Å². The van der Waals surface area contributed by atoms with Crippen LogP contribution in [-0.4, -0.2) is 61.6 Å². The van der Waals surface area contributed by atoms with Crippen LogP contribution in [0.3, 0.4) is 0 Å². The molecule has 7 heteroatoms. The Morgan fingerprint density at radius 2 is 1.84 bits per heavy atom. The van der Waals surface area contributed by atoms with Crippen LogP contribution in [-0.2, 0) is 0 Å². The average Bonchev–Trinajstić information content (AvgIpc) is 3.24. The Morgan fingerprint density at radius 1 is 1.03 bits per heavy atom. The van der Waals surface area contributed by atoms with E-state index < -0.39 is 0 Å². The number of nitrogens with one attached hydrogen (secondary N) is 1. The molecule has 5 rings (SSSR count). The van der Waals surface area contributed by atoms with E-state index in [1.165, 1.54) is 5.69 Å². The summed E-state index contributed by atoms with van der Waals surface area (Å²) in [4.78, 5) is 11.9. The molecular formula is C24H28N6O. The normalized spacial score (nSPS) is 18.9. The number of para-hydroxylation sites is 1. The van der Waals surface area contributed by atoms with Gasteiger partial charge in [-0.25, -0.2) is 0 Å². The Hall–Kier alpha value is -3.32. The van der Waals surface area contributed by atoms with Crippen molar-refractivity contribution in [2.75, 3.05) is 50.1 Å². The van der Waals surface area contributed by atoms with Crippen molar-refractivity contribution in [1.82, 2.24) is 15.1 Å². The first kappa shape index (κ1) is 19.6. The molecule has 1 aromatic heterocycles. The van der Waals surface area contributed by atoms with Gasteiger partial charge >= 0.3 is 0 Å². The Balaban J connectivity index is 1.60. The molecule has 2 aliphatic heterocycles. The molecule has 160 valence electrons. The summed E-state index contributed by atoms with van der Waals surface area (Å²) in [6.45, 7) is 6.22. The van der Waals surface area contributed by atoms with Crippen molar-refractivity contribution in [3.05, 3.63) is 65.4 Å². The second-order valence-electron chi connectivity index (χ2n) is 8.21. The van der Waals surface area contributed by atoms with Gasteiger partial charge in [0.2, 0.25) is 0 Å². The van der Waals surface area contributed by atoms with Gasteiger partial charge in [-0.15, -0.1) is 0 Å². The Labute approximate surface area is 183 Å². The standard InChI is InChI=1S/C24H28N6O/c1-17-14-23(27-26-17)30-21-15-19(29-12-10-28(2)11-13-29)9-8-18(21)16-25-24(30)20-6-4-5-7-22(20)31-3/h4-9,14-16,24H,10-13H2,1-3H3,(H,26,27). The van der Waals surface area contributed by atoms with Gasteiger partial charge in [-0.2, -0.15) is 5.10 Å². The number of aromatic nitrogens is 2. The molecule has 3 heterocycles. The molecule has 7 nitrogen and oxygen atoms in total. The Kier molecular flexibility index (Phi) is 5.11. The van der Waals surface area contributed by atoms with Gasteiger partial charge in [0.15, 0.2) is 12.0 Å². The lowest BCUT2D eigenvalue weighted by Gasteiger charge is -2.37. The molecule has 31 heavy (non-hydrogen) atoms. The van der Waals surface area contributed by atoms with E-state index >= 15 is 0 Å². The fourth-order valence-electron chi connectivity index (χ4n) is 4.34. The second-order valence-corrected chi connectivity index (χ2v) is 8.21. The number of methoxy groups -OCH3 is 1. The van der Waals surface area contributed by atoms with Crippen LogP contribution in [0.15, 0.2) is 53.5 Å². The number of rotatable bonds is 4. The van der Waals surface area contributed by atoms with Crippen molar-refractivity contribution >= 4 is 23.4 Å². The third kappa shape index (κ3) is 3.65. The van der Waals surface area contributed by atoms with Crippen LogP contribution in [0.2, 0.25) is 0 Å². The van der Waals surface area contributed by atoms with Crippen LogP contribution in [0.1, 0.15) is 23.0 Å². The average molecular weight is 417 g/mol. The largest absolute Gasteiger partial charge is 0.496 e. The molecule has 0 spiro atoms. The lowest BCUT2D eigenvalue weighted by molar-refractivity contribution is 0.313. The molecule has 1 saturated heterocycles. The maximum absolute atomic E-state index is 5.66. The molecular weight excluding hydrogens is 388 g/mol. The first-order valence-electron chi connectivity index (χ1n) is 10.7. The summed E-state index contributed by atoms with van der Waals surface area (Å²) < 4.78 is 5.66. The monoisotopic (exact) mass is 416 g/mol. The highest BCUT2D eigenvalue weighted by Crippen LogP contribution is 2.43. The van der Waals surface area contributed by atoms with Crippen molar-refractivity contribution < 1.29 is 4.74 Å². The molecule has 0 bridgehead atoms. The van der Waals surface area contributed by atoms with Gasteiger partial charge in [-0.05, 0) is 38.2 Å². The number of ether oxygens (including phenoxy) is 1. The van der Waals surface area contributed by atoms with Crippen LogP contribution < -0.4 is 14.5 Å². The number of H-pyrrole nitrogens is 1. The maximum Gasteiger partial charge on any atom is 0.157 e. The molecule has 1 atom stereocenters. The summed E-state index contributed by atoms with van der Waals surface area (Å²) in [6, 6.07) is 16.8. The van der Waals surface area contributed by atoms with Crippen molar-refractivity contribution in [2.24, 2.45) is 4.99 Å². The predicted octanol–water partition coefficient (Wildman–Crippen LogP) is 3.75. The number of benzene rings is 2. The summed E-state index contributed by atoms with van der Waals surface area (Å²) in [5.41, 5.74) is 5.45. The van der Waals surface area contributed by atoms with Gasteiger partial charge in [0.05, 0.1) is 12.8 Å². The molecule has 0 radical (unpaired) electrons. The maximum atomic E-state index is 5.66. The highest BCUT2D eigenvalue weighted by atomic mass is 16.5. The zero-order valence-electron chi connectivity index (χ0n) is 18.2. The zero-order chi connectivity index (χ0) is 21.4. The van der Waals surface area contributed by atoms with E-state index in [4.69, 9.17) is 9.73 Å². The van der Waals surface area contributed by atoms with Crippen LogP contribution in [0, 0.1) is 6.92 Å². The number of piperazine rings is 1. The summed E-state index contributed by atoms with van der Waals surface area (Å²) in [7, 11) is 3.88.